The van der Waals surface area contributed by atoms with Gasteiger partial charge in [0.25, 0.3) is 11.8 Å². The SMILES string of the molecule is O=C(c1ccc(-c2noc(C(F)F)n2)cc1)N1CCCc2ccccc21. The summed E-state index contributed by atoms with van der Waals surface area (Å²) in [6.45, 7) is 0.667. The highest BCUT2D eigenvalue weighted by Crippen LogP contribution is 2.28. The van der Waals surface area contributed by atoms with Gasteiger partial charge in [0.15, 0.2) is 0 Å². The van der Waals surface area contributed by atoms with Crippen LogP contribution in [0.5, 0.6) is 0 Å². The second-order valence-electron chi connectivity index (χ2n) is 6.02. The Labute approximate surface area is 148 Å². The summed E-state index contributed by atoms with van der Waals surface area (Å²) < 4.78 is 29.6. The van der Waals surface area contributed by atoms with E-state index < -0.39 is 12.3 Å². The highest BCUT2D eigenvalue weighted by Gasteiger charge is 2.23. The summed E-state index contributed by atoms with van der Waals surface area (Å²) in [5.41, 5.74) is 3.13. The molecule has 0 bridgehead atoms. The number of para-hydroxylation sites is 1. The van der Waals surface area contributed by atoms with E-state index in [9.17, 15) is 13.6 Å². The molecule has 5 nitrogen and oxygen atoms in total. The first-order valence-corrected chi connectivity index (χ1v) is 8.25. The number of nitrogens with zero attached hydrogens (tertiary/aromatic N) is 3. The first-order valence-electron chi connectivity index (χ1n) is 8.25. The second kappa shape index (κ2) is 6.67. The van der Waals surface area contributed by atoms with Gasteiger partial charge in [-0.1, -0.05) is 35.5 Å². The Bertz CT molecular complexity index is 938. The van der Waals surface area contributed by atoms with Gasteiger partial charge < -0.3 is 9.42 Å². The highest BCUT2D eigenvalue weighted by atomic mass is 19.3. The molecule has 2 heterocycles. The average Bonchev–Trinajstić information content (AvgIpc) is 3.18. The Morgan fingerprint density at radius 2 is 1.88 bits per heavy atom. The van der Waals surface area contributed by atoms with E-state index in [-0.39, 0.29) is 11.7 Å². The zero-order valence-corrected chi connectivity index (χ0v) is 13.7. The Hall–Kier alpha value is -3.09. The molecule has 0 radical (unpaired) electrons. The van der Waals surface area contributed by atoms with Gasteiger partial charge >= 0.3 is 6.43 Å². The van der Waals surface area contributed by atoms with Gasteiger partial charge in [0, 0.05) is 23.4 Å². The summed E-state index contributed by atoms with van der Waals surface area (Å²) in [6.07, 6.45) is -0.931. The van der Waals surface area contributed by atoms with Crippen molar-refractivity contribution in [3.63, 3.8) is 0 Å². The molecule has 0 saturated carbocycles. The third kappa shape index (κ3) is 2.96. The molecule has 7 heteroatoms. The van der Waals surface area contributed by atoms with Crippen LogP contribution in [0, 0.1) is 0 Å². The van der Waals surface area contributed by atoms with Crippen LogP contribution in [0.1, 0.15) is 34.7 Å². The van der Waals surface area contributed by atoms with Gasteiger partial charge in [-0.05, 0) is 36.6 Å². The summed E-state index contributed by atoms with van der Waals surface area (Å²) in [5, 5.41) is 3.54. The number of hydrogen-bond donors (Lipinski definition) is 0. The molecule has 0 fully saturated rings. The number of amides is 1. The molecule has 3 aromatic rings. The van der Waals surface area contributed by atoms with Gasteiger partial charge in [0.2, 0.25) is 5.82 Å². The molecule has 1 aliphatic heterocycles. The fourth-order valence-corrected chi connectivity index (χ4v) is 3.10. The zero-order valence-electron chi connectivity index (χ0n) is 13.7. The number of alkyl halides is 2. The van der Waals surface area contributed by atoms with Crippen molar-refractivity contribution in [3.8, 4) is 11.4 Å². The van der Waals surface area contributed by atoms with Crippen LogP contribution in [0.25, 0.3) is 11.4 Å². The largest absolute Gasteiger partial charge is 0.333 e. The van der Waals surface area contributed by atoms with E-state index in [2.05, 4.69) is 14.7 Å². The average molecular weight is 355 g/mol. The number of carbonyl (C=O) groups excluding carboxylic acids is 1. The number of halogens is 2. The van der Waals surface area contributed by atoms with Crippen molar-refractivity contribution >= 4 is 11.6 Å². The van der Waals surface area contributed by atoms with Gasteiger partial charge in [-0.2, -0.15) is 13.8 Å². The summed E-state index contributed by atoms with van der Waals surface area (Å²) >= 11 is 0. The lowest BCUT2D eigenvalue weighted by molar-refractivity contribution is 0.0985. The molecule has 0 atom stereocenters. The van der Waals surface area contributed by atoms with E-state index >= 15 is 0 Å². The Morgan fingerprint density at radius 3 is 2.62 bits per heavy atom. The Balaban J connectivity index is 1.58. The number of carbonyl (C=O) groups is 1. The van der Waals surface area contributed by atoms with Gasteiger partial charge in [0.05, 0.1) is 0 Å². The molecule has 26 heavy (non-hydrogen) atoms. The lowest BCUT2D eigenvalue weighted by Gasteiger charge is -2.29. The smallest absolute Gasteiger partial charge is 0.315 e. The molecule has 0 spiro atoms. The minimum absolute atomic E-state index is 0.0719. The van der Waals surface area contributed by atoms with E-state index in [0.29, 0.717) is 17.7 Å². The topological polar surface area (TPSA) is 59.2 Å². The molecular weight excluding hydrogens is 340 g/mol. The molecule has 4 rings (SSSR count). The Morgan fingerprint density at radius 1 is 1.12 bits per heavy atom. The van der Waals surface area contributed by atoms with Gasteiger partial charge in [0.1, 0.15) is 0 Å². The van der Waals surface area contributed by atoms with Crippen LogP contribution in [-0.4, -0.2) is 22.6 Å². The molecule has 1 aromatic heterocycles. The summed E-state index contributed by atoms with van der Waals surface area (Å²) in [5.74, 6) is -0.738. The van der Waals surface area contributed by atoms with Crippen LogP contribution < -0.4 is 4.90 Å². The van der Waals surface area contributed by atoms with Gasteiger partial charge in [-0.3, -0.25) is 4.79 Å². The van der Waals surface area contributed by atoms with Crippen molar-refractivity contribution in [3.05, 3.63) is 65.5 Å². The summed E-state index contributed by atoms with van der Waals surface area (Å²) in [6, 6.07) is 14.4. The Kier molecular flexibility index (Phi) is 4.20. The molecule has 0 unspecified atom stereocenters. The standard InChI is InChI=1S/C19H15F2N3O2/c20-16(21)18-22-17(23-26-18)13-7-9-14(10-8-13)19(25)24-11-3-5-12-4-1-2-6-15(12)24/h1-2,4,6-10,16H,3,5,11H2. The number of fused-ring (bicyclic) bond motifs is 1. The van der Waals surface area contributed by atoms with Crippen molar-refractivity contribution < 1.29 is 18.1 Å². The summed E-state index contributed by atoms with van der Waals surface area (Å²) in [7, 11) is 0. The number of aromatic nitrogens is 2. The van der Waals surface area contributed by atoms with Gasteiger partial charge in [-0.25, -0.2) is 0 Å². The predicted octanol–water partition coefficient (Wildman–Crippen LogP) is 4.27. The number of benzene rings is 2. The van der Waals surface area contributed by atoms with E-state index in [0.717, 1.165) is 24.1 Å². The minimum Gasteiger partial charge on any atom is -0.333 e. The van der Waals surface area contributed by atoms with Gasteiger partial charge in [-0.15, -0.1) is 0 Å². The van der Waals surface area contributed by atoms with Crippen molar-refractivity contribution in [2.24, 2.45) is 0 Å². The normalized spacial score (nSPS) is 13.7. The quantitative estimate of drug-likeness (QED) is 0.704. The molecule has 0 N–H and O–H groups in total. The van der Waals surface area contributed by atoms with Crippen molar-refractivity contribution in [2.75, 3.05) is 11.4 Å². The first-order chi connectivity index (χ1) is 12.6. The third-order valence-electron chi connectivity index (χ3n) is 4.37. The van der Waals surface area contributed by atoms with Crippen molar-refractivity contribution in [1.29, 1.82) is 0 Å². The van der Waals surface area contributed by atoms with E-state index in [4.69, 9.17) is 0 Å². The highest BCUT2D eigenvalue weighted by molar-refractivity contribution is 6.06. The van der Waals surface area contributed by atoms with Crippen molar-refractivity contribution in [2.45, 2.75) is 19.3 Å². The van der Waals surface area contributed by atoms with Crippen LogP contribution >= 0.6 is 0 Å². The predicted molar refractivity (Wildman–Crippen MR) is 91.1 cm³/mol. The maximum atomic E-state index is 12.9. The maximum absolute atomic E-state index is 12.9. The van der Waals surface area contributed by atoms with E-state index in [1.54, 1.807) is 29.2 Å². The van der Waals surface area contributed by atoms with Crippen LogP contribution in [0.4, 0.5) is 14.5 Å². The molecule has 1 aliphatic rings. The number of hydrogen-bond acceptors (Lipinski definition) is 4. The van der Waals surface area contributed by atoms with Crippen molar-refractivity contribution in [1.82, 2.24) is 10.1 Å². The molecule has 132 valence electrons. The second-order valence-corrected chi connectivity index (χ2v) is 6.02. The van der Waals surface area contributed by atoms with E-state index in [1.165, 1.54) is 0 Å². The maximum Gasteiger partial charge on any atom is 0.315 e. The third-order valence-corrected chi connectivity index (χ3v) is 4.37. The zero-order chi connectivity index (χ0) is 18.1. The number of rotatable bonds is 3. The fourth-order valence-electron chi connectivity index (χ4n) is 3.10. The van der Waals surface area contributed by atoms with Crippen LogP contribution in [-0.2, 0) is 6.42 Å². The lowest BCUT2D eigenvalue weighted by Crippen LogP contribution is -2.35. The fraction of sp³-hybridized carbons (Fsp3) is 0.211. The van der Waals surface area contributed by atoms with Crippen LogP contribution in [0.2, 0.25) is 0 Å². The minimum atomic E-state index is -2.81. The molecule has 1 amide bonds. The number of aryl methyl sites for hydroxylation is 1. The first kappa shape index (κ1) is 16.4. The lowest BCUT2D eigenvalue weighted by atomic mass is 10.0. The molecule has 0 aliphatic carbocycles. The van der Waals surface area contributed by atoms with Crippen LogP contribution in [0.3, 0.4) is 0 Å². The number of anilines is 1. The van der Waals surface area contributed by atoms with Crippen LogP contribution in [0.15, 0.2) is 53.1 Å². The molecular formula is C19H15F2N3O2. The summed E-state index contributed by atoms with van der Waals surface area (Å²) in [4.78, 5) is 18.3. The molecule has 0 saturated heterocycles. The molecule has 2 aromatic carbocycles. The monoisotopic (exact) mass is 355 g/mol. The van der Waals surface area contributed by atoms with E-state index in [1.807, 2.05) is 24.3 Å².